The molecule has 5 rings (SSSR count). The zero-order valence-corrected chi connectivity index (χ0v) is 23.6. The van der Waals surface area contributed by atoms with Crippen LogP contribution in [0.4, 0.5) is 0 Å². The molecular formula is C35H44N2O2. The fourth-order valence-corrected chi connectivity index (χ4v) is 5.90. The van der Waals surface area contributed by atoms with Crippen molar-refractivity contribution in [2.24, 2.45) is 0 Å². The predicted octanol–water partition coefficient (Wildman–Crippen LogP) is 7.40. The minimum Gasteiger partial charge on any atom is -0.494 e. The van der Waals surface area contributed by atoms with Crippen molar-refractivity contribution in [1.29, 1.82) is 0 Å². The van der Waals surface area contributed by atoms with Gasteiger partial charge in [0.1, 0.15) is 18.1 Å². The Balaban J connectivity index is 1.30. The molecule has 0 amide bonds. The number of hydrogen-bond donors (Lipinski definition) is 0. The monoisotopic (exact) mass is 524 g/mol. The zero-order chi connectivity index (χ0) is 26.7. The average Bonchev–Trinajstić information content (AvgIpc) is 3.70. The molecule has 2 heterocycles. The lowest BCUT2D eigenvalue weighted by atomic mass is 9.88. The molecule has 0 N–H and O–H groups in total. The summed E-state index contributed by atoms with van der Waals surface area (Å²) in [7, 11) is 0. The Morgan fingerprint density at radius 1 is 0.590 bits per heavy atom. The van der Waals surface area contributed by atoms with Gasteiger partial charge in [0.2, 0.25) is 0 Å². The third kappa shape index (κ3) is 7.74. The lowest BCUT2D eigenvalue weighted by Crippen LogP contribution is -2.25. The lowest BCUT2D eigenvalue weighted by molar-refractivity contribution is 0.238. The van der Waals surface area contributed by atoms with Crippen LogP contribution in [0.5, 0.6) is 11.5 Å². The fraction of sp³-hybridized carbons (Fsp3) is 0.429. The number of allylic oxidation sites excluding steroid dienone is 1. The fourth-order valence-electron chi connectivity index (χ4n) is 5.90. The Morgan fingerprint density at radius 3 is 1.64 bits per heavy atom. The van der Waals surface area contributed by atoms with Crippen LogP contribution in [0.15, 0.2) is 78.9 Å². The number of benzene rings is 3. The second-order valence-corrected chi connectivity index (χ2v) is 10.8. The maximum absolute atomic E-state index is 6.11. The van der Waals surface area contributed by atoms with Crippen molar-refractivity contribution < 1.29 is 9.47 Å². The molecule has 0 aromatic heterocycles. The van der Waals surface area contributed by atoms with Crippen molar-refractivity contribution in [3.05, 3.63) is 95.6 Å². The van der Waals surface area contributed by atoms with Gasteiger partial charge in [0.25, 0.3) is 0 Å². The van der Waals surface area contributed by atoms with Crippen LogP contribution < -0.4 is 9.47 Å². The lowest BCUT2D eigenvalue weighted by Gasteiger charge is -2.18. The van der Waals surface area contributed by atoms with Gasteiger partial charge >= 0.3 is 0 Å². The van der Waals surface area contributed by atoms with Crippen molar-refractivity contribution in [3.8, 4) is 11.5 Å². The quantitative estimate of drug-likeness (QED) is 0.172. The van der Waals surface area contributed by atoms with E-state index in [0.717, 1.165) is 50.6 Å². The topological polar surface area (TPSA) is 24.9 Å². The van der Waals surface area contributed by atoms with E-state index < -0.39 is 0 Å². The van der Waals surface area contributed by atoms with E-state index >= 15 is 0 Å². The molecule has 0 aliphatic carbocycles. The van der Waals surface area contributed by atoms with Crippen molar-refractivity contribution in [3.63, 3.8) is 0 Å². The molecule has 0 unspecified atom stereocenters. The second-order valence-electron chi connectivity index (χ2n) is 10.8. The van der Waals surface area contributed by atoms with E-state index in [1.165, 1.54) is 79.7 Å². The van der Waals surface area contributed by atoms with Gasteiger partial charge in [0, 0.05) is 13.1 Å². The van der Waals surface area contributed by atoms with Crippen LogP contribution in [0.3, 0.4) is 0 Å². The number of rotatable bonds is 13. The van der Waals surface area contributed by atoms with E-state index in [1.807, 2.05) is 0 Å². The summed E-state index contributed by atoms with van der Waals surface area (Å²) in [4.78, 5) is 5.03. The molecule has 4 heteroatoms. The van der Waals surface area contributed by atoms with Gasteiger partial charge in [-0.1, -0.05) is 61.5 Å². The van der Waals surface area contributed by atoms with Gasteiger partial charge in [-0.25, -0.2) is 0 Å². The van der Waals surface area contributed by atoms with Gasteiger partial charge < -0.3 is 14.4 Å². The summed E-state index contributed by atoms with van der Waals surface area (Å²) in [6.45, 7) is 10.8. The van der Waals surface area contributed by atoms with E-state index in [4.69, 9.17) is 9.47 Å². The minimum atomic E-state index is 0.742. The van der Waals surface area contributed by atoms with Gasteiger partial charge in [0.15, 0.2) is 0 Å². The Morgan fingerprint density at radius 2 is 1.10 bits per heavy atom. The highest BCUT2D eigenvalue weighted by Gasteiger charge is 2.15. The zero-order valence-electron chi connectivity index (χ0n) is 23.6. The Kier molecular flexibility index (Phi) is 10.1. The van der Waals surface area contributed by atoms with Crippen LogP contribution in [0.1, 0.15) is 62.1 Å². The molecule has 0 atom stereocenters. The first-order chi connectivity index (χ1) is 19.3. The Labute approximate surface area is 235 Å². The minimum absolute atomic E-state index is 0.742. The molecule has 2 aliphatic rings. The highest BCUT2D eigenvalue weighted by atomic mass is 16.5. The average molecular weight is 525 g/mol. The molecule has 4 nitrogen and oxygen atoms in total. The predicted molar refractivity (Wildman–Crippen MR) is 162 cm³/mol. The molecule has 0 bridgehead atoms. The van der Waals surface area contributed by atoms with Crippen LogP contribution in [0.25, 0.3) is 11.1 Å². The maximum atomic E-state index is 6.11. The summed E-state index contributed by atoms with van der Waals surface area (Å²) >= 11 is 0. The smallest absolute Gasteiger partial charge is 0.119 e. The Hall–Kier alpha value is -3.08. The number of likely N-dealkylation sites (tertiary alicyclic amines) is 2. The van der Waals surface area contributed by atoms with Gasteiger partial charge in [-0.05, 0) is 117 Å². The first-order valence-corrected chi connectivity index (χ1v) is 15.0. The number of hydrogen-bond acceptors (Lipinski definition) is 4. The molecule has 0 radical (unpaired) electrons. The summed E-state index contributed by atoms with van der Waals surface area (Å²) in [5.74, 6) is 1.88. The molecule has 206 valence electrons. The summed E-state index contributed by atoms with van der Waals surface area (Å²) in [6, 6.07) is 28.1. The van der Waals surface area contributed by atoms with Crippen LogP contribution in [-0.4, -0.2) is 62.3 Å². The maximum Gasteiger partial charge on any atom is 0.119 e. The normalized spacial score (nSPS) is 16.8. The molecule has 2 aliphatic heterocycles. The van der Waals surface area contributed by atoms with Crippen LogP contribution in [0.2, 0.25) is 0 Å². The second kappa shape index (κ2) is 14.3. The molecule has 39 heavy (non-hydrogen) atoms. The van der Waals surface area contributed by atoms with E-state index in [9.17, 15) is 0 Å². The highest BCUT2D eigenvalue weighted by molar-refractivity contribution is 5.98. The first kappa shape index (κ1) is 27.5. The first-order valence-electron chi connectivity index (χ1n) is 15.0. The number of nitrogens with zero attached hydrogens (tertiary/aromatic N) is 2. The summed E-state index contributed by atoms with van der Waals surface area (Å²) < 4.78 is 12.2. The van der Waals surface area contributed by atoms with Gasteiger partial charge in [-0.2, -0.15) is 0 Å². The van der Waals surface area contributed by atoms with E-state index in [0.29, 0.717) is 0 Å². The van der Waals surface area contributed by atoms with Crippen molar-refractivity contribution in [2.45, 2.75) is 45.4 Å². The third-order valence-corrected chi connectivity index (χ3v) is 8.02. The standard InChI is InChI=1S/C35H44N2O2/c1-2-34(29-11-4-3-5-12-29)35(31-15-19-33(20-16-31)39-28-26-37-23-8-9-24-37)30-13-17-32(18-14-30)38-27-10-25-36-21-6-7-22-36/h3-5,11-20H,2,6-10,21-28H2,1H3/b35-34+. The van der Waals surface area contributed by atoms with Gasteiger partial charge in [-0.15, -0.1) is 0 Å². The SMILES string of the molecule is CC/C(=C(/c1ccc(OCCCN2CCCC2)cc1)c1ccc(OCCN2CCCC2)cc1)c1ccccc1. The van der Waals surface area contributed by atoms with Crippen LogP contribution in [-0.2, 0) is 0 Å². The molecule has 0 saturated carbocycles. The van der Waals surface area contributed by atoms with E-state index in [1.54, 1.807) is 0 Å². The molecule has 3 aromatic rings. The third-order valence-electron chi connectivity index (χ3n) is 8.02. The Bertz CT molecular complexity index is 1160. The summed E-state index contributed by atoms with van der Waals surface area (Å²) in [5.41, 5.74) is 6.30. The van der Waals surface area contributed by atoms with Crippen molar-refractivity contribution >= 4 is 11.1 Å². The molecule has 3 aromatic carbocycles. The van der Waals surface area contributed by atoms with Crippen molar-refractivity contribution in [2.75, 3.05) is 52.5 Å². The highest BCUT2D eigenvalue weighted by Crippen LogP contribution is 2.35. The molecular weight excluding hydrogens is 480 g/mol. The molecule has 2 saturated heterocycles. The van der Waals surface area contributed by atoms with Crippen LogP contribution >= 0.6 is 0 Å². The van der Waals surface area contributed by atoms with Gasteiger partial charge in [-0.3, -0.25) is 4.90 Å². The molecule has 2 fully saturated rings. The summed E-state index contributed by atoms with van der Waals surface area (Å²) in [5, 5.41) is 0. The number of ether oxygens (including phenoxy) is 2. The van der Waals surface area contributed by atoms with Crippen LogP contribution in [0, 0.1) is 0 Å². The molecule has 0 spiro atoms. The van der Waals surface area contributed by atoms with E-state index in [-0.39, 0.29) is 0 Å². The largest absolute Gasteiger partial charge is 0.494 e. The summed E-state index contributed by atoms with van der Waals surface area (Å²) in [6.07, 6.45) is 7.34. The van der Waals surface area contributed by atoms with Gasteiger partial charge in [0.05, 0.1) is 6.61 Å². The van der Waals surface area contributed by atoms with Crippen molar-refractivity contribution in [1.82, 2.24) is 9.80 Å². The van der Waals surface area contributed by atoms with E-state index in [2.05, 4.69) is 95.6 Å².